The minimum atomic E-state index is 0.551. The molecule has 0 aliphatic rings. The highest BCUT2D eigenvalue weighted by Crippen LogP contribution is 2.39. The third-order valence-electron chi connectivity index (χ3n) is 6.38. The Labute approximate surface area is 240 Å². The second-order valence-electron chi connectivity index (χ2n) is 8.94. The molecule has 0 unspecified atom stereocenters. The van der Waals surface area contributed by atoms with E-state index in [1.165, 1.54) is 11.1 Å². The van der Waals surface area contributed by atoms with Gasteiger partial charge in [0.1, 0.15) is 0 Å². The van der Waals surface area contributed by atoms with Gasteiger partial charge >= 0.3 is 0 Å². The number of nitrogens with zero attached hydrogens (tertiary/aromatic N) is 2. The molecule has 0 saturated heterocycles. The molecule has 8 heteroatoms. The fourth-order valence-corrected chi connectivity index (χ4v) is 4.29. The zero-order valence-corrected chi connectivity index (χ0v) is 24.1. The molecule has 4 rings (SSSR count). The van der Waals surface area contributed by atoms with Crippen molar-refractivity contribution in [2.75, 3.05) is 42.7 Å². The Bertz CT molecular complexity index is 1350. The number of methoxy groups -OCH3 is 6. The van der Waals surface area contributed by atoms with Crippen molar-refractivity contribution in [1.29, 1.82) is 0 Å². The fourth-order valence-electron chi connectivity index (χ4n) is 4.29. The highest BCUT2D eigenvalue weighted by molar-refractivity contribution is 5.85. The third kappa shape index (κ3) is 7.16. The Hall–Kier alpha value is -4.98. The standard InChI is InChI=1S/C33H34N2O6/c1-36-28-16-24(17-29(37-2)32(28)40-5)20-34-26-11-7-22(8-12-26)15-23-9-13-27(14-10-23)35-21-25-18-30(38-3)33(41-6)31(19-25)39-4/h7-14,16-21H,15H2,1-6H3. The van der Waals surface area contributed by atoms with Crippen molar-refractivity contribution < 1.29 is 28.4 Å². The van der Waals surface area contributed by atoms with Crippen molar-refractivity contribution in [3.05, 3.63) is 95.1 Å². The molecular weight excluding hydrogens is 520 g/mol. The van der Waals surface area contributed by atoms with Crippen molar-refractivity contribution >= 4 is 23.8 Å². The lowest BCUT2D eigenvalue weighted by Crippen LogP contribution is -1.96. The minimum Gasteiger partial charge on any atom is -0.493 e. The summed E-state index contributed by atoms with van der Waals surface area (Å²) in [5.74, 6) is 3.44. The summed E-state index contributed by atoms with van der Waals surface area (Å²) in [6.07, 6.45) is 4.35. The van der Waals surface area contributed by atoms with Gasteiger partial charge in [0.25, 0.3) is 0 Å². The Morgan fingerprint density at radius 1 is 0.463 bits per heavy atom. The van der Waals surface area contributed by atoms with Crippen LogP contribution in [-0.2, 0) is 6.42 Å². The SMILES string of the molecule is COc1cc(C=Nc2ccc(Cc3ccc(N=Cc4cc(OC)c(OC)c(OC)c4)cc3)cc2)cc(OC)c1OC. The van der Waals surface area contributed by atoms with E-state index >= 15 is 0 Å². The molecule has 0 aliphatic heterocycles. The van der Waals surface area contributed by atoms with Gasteiger partial charge in [0, 0.05) is 23.6 Å². The molecule has 0 atom stereocenters. The molecule has 4 aromatic rings. The Morgan fingerprint density at radius 2 is 0.780 bits per heavy atom. The maximum absolute atomic E-state index is 5.42. The van der Waals surface area contributed by atoms with Crippen molar-refractivity contribution in [1.82, 2.24) is 0 Å². The zero-order valence-electron chi connectivity index (χ0n) is 24.1. The molecule has 0 N–H and O–H groups in total. The summed E-state index contributed by atoms with van der Waals surface area (Å²) >= 11 is 0. The van der Waals surface area contributed by atoms with Crippen molar-refractivity contribution in [3.63, 3.8) is 0 Å². The number of ether oxygens (including phenoxy) is 6. The lowest BCUT2D eigenvalue weighted by Gasteiger charge is -2.12. The van der Waals surface area contributed by atoms with Crippen LogP contribution in [-0.4, -0.2) is 55.1 Å². The molecule has 4 aromatic carbocycles. The molecule has 0 aromatic heterocycles. The van der Waals surface area contributed by atoms with Crippen LogP contribution >= 0.6 is 0 Å². The van der Waals surface area contributed by atoms with Gasteiger partial charge in [-0.3, -0.25) is 9.98 Å². The predicted molar refractivity (Wildman–Crippen MR) is 162 cm³/mol. The molecule has 0 bridgehead atoms. The van der Waals surface area contributed by atoms with Crippen LogP contribution in [0.15, 0.2) is 82.8 Å². The normalized spacial score (nSPS) is 11.1. The van der Waals surface area contributed by atoms with E-state index in [1.807, 2.05) is 48.5 Å². The van der Waals surface area contributed by atoms with Gasteiger partial charge in [0.15, 0.2) is 23.0 Å². The number of aliphatic imine (C=N–C) groups is 2. The van der Waals surface area contributed by atoms with Gasteiger partial charge in [-0.2, -0.15) is 0 Å². The van der Waals surface area contributed by atoms with Crippen molar-refractivity contribution in [2.24, 2.45) is 9.98 Å². The molecule has 8 nitrogen and oxygen atoms in total. The van der Waals surface area contributed by atoms with E-state index in [2.05, 4.69) is 34.3 Å². The van der Waals surface area contributed by atoms with Crippen LogP contribution in [0.4, 0.5) is 11.4 Å². The molecule has 212 valence electrons. The van der Waals surface area contributed by atoms with E-state index in [0.29, 0.717) is 34.5 Å². The zero-order chi connectivity index (χ0) is 29.2. The summed E-state index contributed by atoms with van der Waals surface area (Å²) in [6, 6.07) is 23.8. The van der Waals surface area contributed by atoms with Crippen LogP contribution in [0, 0.1) is 0 Å². The van der Waals surface area contributed by atoms with Gasteiger partial charge in [-0.15, -0.1) is 0 Å². The molecule has 0 saturated carbocycles. The molecule has 41 heavy (non-hydrogen) atoms. The Morgan fingerprint density at radius 3 is 1.05 bits per heavy atom. The quantitative estimate of drug-likeness (QED) is 0.179. The lowest BCUT2D eigenvalue weighted by atomic mass is 10.0. The number of hydrogen-bond acceptors (Lipinski definition) is 8. The average molecular weight is 555 g/mol. The summed E-state index contributed by atoms with van der Waals surface area (Å²) < 4.78 is 32.5. The van der Waals surface area contributed by atoms with E-state index in [4.69, 9.17) is 28.4 Å². The van der Waals surface area contributed by atoms with Crippen LogP contribution in [0.5, 0.6) is 34.5 Å². The van der Waals surface area contributed by atoms with E-state index in [0.717, 1.165) is 28.9 Å². The van der Waals surface area contributed by atoms with Gasteiger partial charge in [-0.05, 0) is 66.1 Å². The number of rotatable bonds is 12. The van der Waals surface area contributed by atoms with E-state index in [-0.39, 0.29) is 0 Å². The van der Waals surface area contributed by atoms with E-state index in [1.54, 1.807) is 55.1 Å². The molecule has 0 aliphatic carbocycles. The van der Waals surface area contributed by atoms with Gasteiger partial charge < -0.3 is 28.4 Å². The first-order valence-corrected chi connectivity index (χ1v) is 12.9. The van der Waals surface area contributed by atoms with Gasteiger partial charge in [-0.1, -0.05) is 24.3 Å². The summed E-state index contributed by atoms with van der Waals surface area (Å²) in [6.45, 7) is 0. The van der Waals surface area contributed by atoms with Crippen LogP contribution in [0.1, 0.15) is 22.3 Å². The minimum absolute atomic E-state index is 0.551. The topological polar surface area (TPSA) is 80.1 Å². The first-order chi connectivity index (χ1) is 20.0. The Kier molecular flexibility index (Phi) is 9.83. The van der Waals surface area contributed by atoms with Gasteiger partial charge in [0.2, 0.25) is 11.5 Å². The molecule has 0 fully saturated rings. The lowest BCUT2D eigenvalue weighted by molar-refractivity contribution is 0.324. The number of benzene rings is 4. The monoisotopic (exact) mass is 554 g/mol. The van der Waals surface area contributed by atoms with E-state index < -0.39 is 0 Å². The summed E-state index contributed by atoms with van der Waals surface area (Å²) in [7, 11) is 9.53. The Balaban J connectivity index is 1.40. The van der Waals surface area contributed by atoms with Crippen LogP contribution in [0.2, 0.25) is 0 Å². The maximum atomic E-state index is 5.42. The number of hydrogen-bond donors (Lipinski definition) is 0. The summed E-state index contributed by atoms with van der Waals surface area (Å²) in [4.78, 5) is 9.21. The van der Waals surface area contributed by atoms with Crippen LogP contribution in [0.3, 0.4) is 0 Å². The second kappa shape index (κ2) is 13.9. The van der Waals surface area contributed by atoms with Gasteiger partial charge in [-0.25, -0.2) is 0 Å². The largest absolute Gasteiger partial charge is 0.493 e. The van der Waals surface area contributed by atoms with Crippen LogP contribution < -0.4 is 28.4 Å². The molecular formula is C33H34N2O6. The van der Waals surface area contributed by atoms with Crippen molar-refractivity contribution in [2.45, 2.75) is 6.42 Å². The first kappa shape index (κ1) is 29.0. The summed E-state index contributed by atoms with van der Waals surface area (Å²) in [5, 5.41) is 0. The second-order valence-corrected chi connectivity index (χ2v) is 8.94. The van der Waals surface area contributed by atoms with Crippen LogP contribution in [0.25, 0.3) is 0 Å². The molecule has 0 spiro atoms. The predicted octanol–water partition coefficient (Wildman–Crippen LogP) is 6.83. The molecule has 0 amide bonds. The third-order valence-corrected chi connectivity index (χ3v) is 6.38. The maximum Gasteiger partial charge on any atom is 0.203 e. The fraction of sp³-hybridized carbons (Fsp3) is 0.212. The van der Waals surface area contributed by atoms with Crippen molar-refractivity contribution in [3.8, 4) is 34.5 Å². The smallest absolute Gasteiger partial charge is 0.203 e. The average Bonchev–Trinajstić information content (AvgIpc) is 3.02. The first-order valence-electron chi connectivity index (χ1n) is 12.9. The molecule has 0 heterocycles. The highest BCUT2D eigenvalue weighted by Gasteiger charge is 2.13. The molecule has 0 radical (unpaired) electrons. The van der Waals surface area contributed by atoms with E-state index in [9.17, 15) is 0 Å². The van der Waals surface area contributed by atoms with Gasteiger partial charge in [0.05, 0.1) is 54.0 Å². The highest BCUT2D eigenvalue weighted by atomic mass is 16.5. The summed E-state index contributed by atoms with van der Waals surface area (Å²) in [5.41, 5.74) is 5.75.